The highest BCUT2D eigenvalue weighted by Crippen LogP contribution is 2.39. The minimum Gasteiger partial charge on any atom is -0.381 e. The number of carbonyl (C=O) groups excluding carboxylic acids is 1. The molecule has 0 bridgehead atoms. The van der Waals surface area contributed by atoms with Crippen molar-refractivity contribution in [3.8, 4) is 11.4 Å². The van der Waals surface area contributed by atoms with E-state index in [1.807, 2.05) is 86.3 Å². The summed E-state index contributed by atoms with van der Waals surface area (Å²) in [7, 11) is 9.41. The Morgan fingerprint density at radius 3 is 2.25 bits per heavy atom. The molecule has 2 N–H and O–H groups in total. The van der Waals surface area contributed by atoms with Crippen LogP contribution in [0, 0.1) is 6.92 Å². The van der Waals surface area contributed by atoms with E-state index in [9.17, 15) is 4.79 Å². The lowest BCUT2D eigenvalue weighted by molar-refractivity contribution is 0.0152. The Hall–Kier alpha value is -6.42. The molecule has 0 radical (unpaired) electrons. The van der Waals surface area contributed by atoms with Crippen molar-refractivity contribution < 1.29 is 14.3 Å². The van der Waals surface area contributed by atoms with Crippen LogP contribution in [0.1, 0.15) is 41.7 Å². The molecule has 0 aromatic carbocycles. The third-order valence-electron chi connectivity index (χ3n) is 11.5. The number of amides is 1. The number of carbonyl (C=O) groups is 1. The summed E-state index contributed by atoms with van der Waals surface area (Å²) in [5.74, 6) is 2.33. The molecule has 2 unspecified atom stereocenters. The van der Waals surface area contributed by atoms with Crippen LogP contribution in [0.3, 0.4) is 0 Å². The molecule has 63 heavy (non-hydrogen) atoms. The van der Waals surface area contributed by atoms with Gasteiger partial charge in [0.25, 0.3) is 5.91 Å². The molecule has 19 nitrogen and oxygen atoms in total. The van der Waals surface area contributed by atoms with E-state index in [0.29, 0.717) is 49.5 Å². The summed E-state index contributed by atoms with van der Waals surface area (Å²) >= 11 is 2.83. The van der Waals surface area contributed by atoms with E-state index in [1.54, 1.807) is 28.4 Å². The Morgan fingerprint density at radius 2 is 1.59 bits per heavy atom. The Bertz CT molecular complexity index is 2920. The number of aryl methyl sites for hydroxylation is 3. The maximum absolute atomic E-state index is 12.7. The standard InChI is InChI=1S/C42H48N16O3S2/c1-25-17-35(63-51-25)58(42-47-32-8-13-57(30-21-44-54(5)23-30)37(32)39(50-42)55(6)28-10-14-60-15-11-28)34-19-27(9-16-61-34)45-38-36-31(7-12-56(36)29-20-43-53(4)22-29)46-41(49-38)48-33-18-26(24-62-33)40(59)52(2)3/h7-8,12-13,17-18,20-24,27-28,34H,9-11,14-16,19H2,1-6H3,(H2,45,46,48,49). The van der Waals surface area contributed by atoms with Gasteiger partial charge >= 0.3 is 0 Å². The van der Waals surface area contributed by atoms with Crippen molar-refractivity contribution in [1.29, 1.82) is 0 Å². The van der Waals surface area contributed by atoms with Gasteiger partial charge in [0, 0.05) is 97.1 Å². The second kappa shape index (κ2) is 16.7. The first kappa shape index (κ1) is 40.6. The van der Waals surface area contributed by atoms with Crippen molar-refractivity contribution in [2.24, 2.45) is 14.1 Å². The number of rotatable bonds is 12. The van der Waals surface area contributed by atoms with Crippen molar-refractivity contribution in [2.75, 3.05) is 61.4 Å². The average Bonchev–Trinajstić information content (AvgIpc) is 4.15. The number of thiophene rings is 1. The van der Waals surface area contributed by atoms with Crippen LogP contribution in [0.25, 0.3) is 33.4 Å². The molecule has 8 aromatic rings. The predicted molar refractivity (Wildman–Crippen MR) is 244 cm³/mol. The molecular formula is C42H48N16O3S2. The Balaban J connectivity index is 1.02. The SMILES string of the molecule is Cc1cc(N(c2nc(N(C)C3CCOCC3)c3c(ccn3-c3cnn(C)c3)n2)C2CC(Nc3nc(Nc4cc(C(=O)N(C)C)cs4)nc4ccn(-c5cnn(C)c5)c34)CCO2)sn1. The van der Waals surface area contributed by atoms with Gasteiger partial charge in [-0.2, -0.15) is 24.5 Å². The summed E-state index contributed by atoms with van der Waals surface area (Å²) in [5, 5.41) is 19.6. The topological polar surface area (TPSA) is 179 Å². The molecule has 2 aliphatic rings. The molecule has 1 amide bonds. The average molecular weight is 889 g/mol. The van der Waals surface area contributed by atoms with Crippen molar-refractivity contribution in [2.45, 2.75) is 50.9 Å². The van der Waals surface area contributed by atoms with Crippen LogP contribution in [0.15, 0.2) is 66.8 Å². The minimum absolute atomic E-state index is 0.0702. The minimum atomic E-state index is -0.450. The molecule has 10 rings (SSSR count). The van der Waals surface area contributed by atoms with E-state index >= 15 is 0 Å². The van der Waals surface area contributed by atoms with E-state index in [1.165, 1.54) is 22.9 Å². The van der Waals surface area contributed by atoms with Gasteiger partial charge in [-0.1, -0.05) is 0 Å². The molecule has 2 atom stereocenters. The highest BCUT2D eigenvalue weighted by Gasteiger charge is 2.34. The molecule has 326 valence electrons. The fourth-order valence-corrected chi connectivity index (χ4v) is 9.88. The van der Waals surface area contributed by atoms with E-state index in [-0.39, 0.29) is 18.0 Å². The fraction of sp³-hybridized carbons (Fsp3) is 0.381. The predicted octanol–water partition coefficient (Wildman–Crippen LogP) is 6.26. The Kier molecular flexibility index (Phi) is 10.8. The lowest BCUT2D eigenvalue weighted by atomic mass is 10.1. The fourth-order valence-electron chi connectivity index (χ4n) is 8.31. The maximum atomic E-state index is 12.7. The highest BCUT2D eigenvalue weighted by molar-refractivity contribution is 7.14. The van der Waals surface area contributed by atoms with Crippen molar-refractivity contribution in [3.63, 3.8) is 0 Å². The summed E-state index contributed by atoms with van der Waals surface area (Å²) in [6.45, 7) is 3.87. The van der Waals surface area contributed by atoms with E-state index < -0.39 is 6.23 Å². The van der Waals surface area contributed by atoms with Gasteiger partial charge in [0.1, 0.15) is 22.3 Å². The largest absolute Gasteiger partial charge is 0.381 e. The maximum Gasteiger partial charge on any atom is 0.254 e. The van der Waals surface area contributed by atoms with Crippen LogP contribution in [0.2, 0.25) is 0 Å². The molecule has 2 saturated heterocycles. The van der Waals surface area contributed by atoms with Crippen LogP contribution >= 0.6 is 22.9 Å². The Labute approximate surface area is 371 Å². The zero-order valence-corrected chi connectivity index (χ0v) is 37.5. The number of hydrogen-bond acceptors (Lipinski definition) is 16. The summed E-state index contributed by atoms with van der Waals surface area (Å²) in [4.78, 5) is 39.4. The van der Waals surface area contributed by atoms with Gasteiger partial charge in [-0.05, 0) is 62.0 Å². The van der Waals surface area contributed by atoms with Crippen LogP contribution in [-0.2, 0) is 23.6 Å². The first-order valence-electron chi connectivity index (χ1n) is 20.8. The van der Waals surface area contributed by atoms with Gasteiger partial charge in [0.15, 0.2) is 11.6 Å². The van der Waals surface area contributed by atoms with Crippen LogP contribution < -0.4 is 20.4 Å². The van der Waals surface area contributed by atoms with Gasteiger partial charge in [-0.15, -0.1) is 11.3 Å². The Morgan fingerprint density at radius 1 is 0.873 bits per heavy atom. The van der Waals surface area contributed by atoms with E-state index in [2.05, 4.69) is 48.3 Å². The van der Waals surface area contributed by atoms with Gasteiger partial charge in [0.05, 0.1) is 57.7 Å². The molecule has 21 heteroatoms. The van der Waals surface area contributed by atoms with Crippen molar-refractivity contribution in [3.05, 3.63) is 78.1 Å². The van der Waals surface area contributed by atoms with Crippen LogP contribution in [-0.4, -0.2) is 123 Å². The number of aromatic nitrogens is 11. The highest BCUT2D eigenvalue weighted by atomic mass is 32.1. The molecule has 8 aromatic heterocycles. The number of nitrogens with zero attached hydrogens (tertiary/aromatic N) is 14. The molecule has 0 aliphatic carbocycles. The van der Waals surface area contributed by atoms with Gasteiger partial charge in [-0.25, -0.2) is 9.97 Å². The number of nitrogens with one attached hydrogen (secondary N) is 2. The number of hydrogen-bond donors (Lipinski definition) is 2. The summed E-state index contributed by atoms with van der Waals surface area (Å²) in [6, 6.07) is 8.06. The van der Waals surface area contributed by atoms with E-state index in [4.69, 9.17) is 33.8 Å². The quantitative estimate of drug-likeness (QED) is 0.140. The smallest absolute Gasteiger partial charge is 0.254 e. The summed E-state index contributed by atoms with van der Waals surface area (Å²) < 4.78 is 24.9. The summed E-state index contributed by atoms with van der Waals surface area (Å²) in [5.41, 5.74) is 6.57. The zero-order valence-electron chi connectivity index (χ0n) is 35.8. The molecule has 2 aliphatic heterocycles. The monoisotopic (exact) mass is 888 g/mol. The molecule has 0 spiro atoms. The van der Waals surface area contributed by atoms with Gasteiger partial charge < -0.3 is 39.0 Å². The third-order valence-corrected chi connectivity index (χ3v) is 13.2. The second-order valence-electron chi connectivity index (χ2n) is 16.2. The van der Waals surface area contributed by atoms with Crippen molar-refractivity contribution >= 4 is 84.4 Å². The number of ether oxygens (including phenoxy) is 2. The number of fused-ring (bicyclic) bond motifs is 2. The zero-order chi connectivity index (χ0) is 43.4. The molecule has 2 fully saturated rings. The second-order valence-corrected chi connectivity index (χ2v) is 17.9. The van der Waals surface area contributed by atoms with Crippen molar-refractivity contribution in [1.82, 2.24) is 57.9 Å². The summed E-state index contributed by atoms with van der Waals surface area (Å²) in [6.07, 6.45) is 14.3. The van der Waals surface area contributed by atoms with E-state index in [0.717, 1.165) is 74.2 Å². The van der Waals surface area contributed by atoms with Crippen LogP contribution in [0.5, 0.6) is 0 Å². The van der Waals surface area contributed by atoms with Crippen LogP contribution in [0.4, 0.5) is 33.5 Å². The molecule has 0 saturated carbocycles. The molecule has 10 heterocycles. The molecular weight excluding hydrogens is 841 g/mol. The normalized spacial score (nSPS) is 17.1. The first-order valence-corrected chi connectivity index (χ1v) is 22.5. The lowest BCUT2D eigenvalue weighted by Gasteiger charge is -2.37. The van der Waals surface area contributed by atoms with Gasteiger partial charge in [-0.3, -0.25) is 19.1 Å². The lowest BCUT2D eigenvalue weighted by Crippen LogP contribution is -2.44. The third kappa shape index (κ3) is 7.96. The first-order chi connectivity index (χ1) is 30.6. The van der Waals surface area contributed by atoms with Gasteiger partial charge in [0.2, 0.25) is 11.9 Å². The number of anilines is 6.